The van der Waals surface area contributed by atoms with E-state index in [2.05, 4.69) is 30.5 Å². The molecule has 0 amide bonds. The minimum atomic E-state index is 0.0519. The van der Waals surface area contributed by atoms with Crippen molar-refractivity contribution in [2.45, 2.75) is 32.7 Å². The molecule has 0 radical (unpaired) electrons. The zero-order chi connectivity index (χ0) is 12.7. The van der Waals surface area contributed by atoms with Gasteiger partial charge in [0.25, 0.3) is 5.88 Å². The molecule has 1 atom stereocenters. The van der Waals surface area contributed by atoms with E-state index in [9.17, 15) is 0 Å². The van der Waals surface area contributed by atoms with Crippen LogP contribution in [0, 0.1) is 0 Å². The first-order chi connectivity index (χ1) is 8.22. The van der Waals surface area contributed by atoms with E-state index >= 15 is 0 Å². The Labute approximate surface area is 103 Å². The third kappa shape index (κ3) is 3.89. The van der Waals surface area contributed by atoms with Crippen molar-refractivity contribution in [3.63, 3.8) is 0 Å². The Morgan fingerprint density at radius 3 is 2.94 bits per heavy atom. The standard InChI is InChI=1S/C13H22N2O2/c1-5-8-9-16-13-10-12(17-14-13)11(6-2)15(4)7-3/h6,10-11H,2,5,7-9H2,1,3-4H3/t11-/m0/s1. The highest BCUT2D eigenvalue weighted by Crippen LogP contribution is 2.23. The summed E-state index contributed by atoms with van der Waals surface area (Å²) < 4.78 is 10.8. The average Bonchev–Trinajstić information content (AvgIpc) is 2.79. The molecule has 0 aromatic carbocycles. The van der Waals surface area contributed by atoms with Crippen LogP contribution in [-0.2, 0) is 0 Å². The van der Waals surface area contributed by atoms with Gasteiger partial charge >= 0.3 is 0 Å². The number of rotatable bonds is 8. The summed E-state index contributed by atoms with van der Waals surface area (Å²) in [5, 5.41) is 3.90. The van der Waals surface area contributed by atoms with E-state index in [1.165, 1.54) is 0 Å². The molecule has 0 N–H and O–H groups in total. The second-order valence-electron chi connectivity index (χ2n) is 4.02. The zero-order valence-corrected chi connectivity index (χ0v) is 11.0. The van der Waals surface area contributed by atoms with Crippen molar-refractivity contribution in [2.75, 3.05) is 20.2 Å². The van der Waals surface area contributed by atoms with Crippen molar-refractivity contribution in [1.29, 1.82) is 0 Å². The molecule has 0 bridgehead atoms. The topological polar surface area (TPSA) is 38.5 Å². The van der Waals surface area contributed by atoms with Crippen LogP contribution in [0.5, 0.6) is 5.88 Å². The minimum absolute atomic E-state index is 0.0519. The quantitative estimate of drug-likeness (QED) is 0.515. The van der Waals surface area contributed by atoms with Crippen LogP contribution in [0.3, 0.4) is 0 Å². The maximum atomic E-state index is 5.48. The molecule has 0 unspecified atom stereocenters. The first-order valence-electron chi connectivity index (χ1n) is 6.15. The molecule has 0 aliphatic carbocycles. The Balaban J connectivity index is 2.62. The maximum absolute atomic E-state index is 5.48. The lowest BCUT2D eigenvalue weighted by molar-refractivity contribution is 0.235. The third-order valence-electron chi connectivity index (χ3n) is 2.74. The number of unbranched alkanes of at least 4 members (excludes halogenated alkanes) is 1. The normalized spacial score (nSPS) is 12.7. The lowest BCUT2D eigenvalue weighted by atomic mass is 10.2. The predicted octanol–water partition coefficient (Wildman–Crippen LogP) is 3.03. The number of ether oxygens (including phenoxy) is 1. The van der Waals surface area contributed by atoms with E-state index in [0.717, 1.165) is 25.1 Å². The summed E-state index contributed by atoms with van der Waals surface area (Å²) in [5.74, 6) is 1.33. The van der Waals surface area contributed by atoms with Crippen LogP contribution in [-0.4, -0.2) is 30.3 Å². The summed E-state index contributed by atoms with van der Waals surface area (Å²) >= 11 is 0. The molecule has 17 heavy (non-hydrogen) atoms. The fraction of sp³-hybridized carbons (Fsp3) is 0.615. The number of hydrogen-bond acceptors (Lipinski definition) is 4. The Hall–Kier alpha value is -1.29. The van der Waals surface area contributed by atoms with Crippen LogP contribution in [0.2, 0.25) is 0 Å². The van der Waals surface area contributed by atoms with Crippen molar-refractivity contribution < 1.29 is 9.26 Å². The molecule has 0 saturated heterocycles. The third-order valence-corrected chi connectivity index (χ3v) is 2.74. The van der Waals surface area contributed by atoms with E-state index in [1.54, 1.807) is 0 Å². The Morgan fingerprint density at radius 1 is 1.59 bits per heavy atom. The second-order valence-corrected chi connectivity index (χ2v) is 4.02. The number of hydrogen-bond donors (Lipinski definition) is 0. The highest BCUT2D eigenvalue weighted by Gasteiger charge is 2.17. The SMILES string of the molecule is C=C[C@@H](c1cc(OCCCC)no1)N(C)CC. The minimum Gasteiger partial charge on any atom is -0.476 e. The number of aromatic nitrogens is 1. The van der Waals surface area contributed by atoms with Crippen LogP contribution in [0.15, 0.2) is 23.2 Å². The largest absolute Gasteiger partial charge is 0.476 e. The molecule has 0 aliphatic rings. The van der Waals surface area contributed by atoms with E-state index in [-0.39, 0.29) is 6.04 Å². The summed E-state index contributed by atoms with van der Waals surface area (Å²) in [6.45, 7) is 9.64. The molecule has 0 spiro atoms. The fourth-order valence-electron chi connectivity index (χ4n) is 1.51. The van der Waals surface area contributed by atoms with Crippen molar-refractivity contribution >= 4 is 0 Å². The molecule has 1 aromatic heterocycles. The first kappa shape index (κ1) is 13.8. The van der Waals surface area contributed by atoms with Gasteiger partial charge in [-0.2, -0.15) is 0 Å². The monoisotopic (exact) mass is 238 g/mol. The van der Waals surface area contributed by atoms with Gasteiger partial charge in [0.05, 0.1) is 12.6 Å². The van der Waals surface area contributed by atoms with E-state index < -0.39 is 0 Å². The lowest BCUT2D eigenvalue weighted by Crippen LogP contribution is -2.22. The lowest BCUT2D eigenvalue weighted by Gasteiger charge is -2.20. The molecule has 4 nitrogen and oxygen atoms in total. The van der Waals surface area contributed by atoms with Gasteiger partial charge in [-0.25, -0.2) is 0 Å². The van der Waals surface area contributed by atoms with Gasteiger partial charge in [0.2, 0.25) is 0 Å². The molecule has 1 aromatic rings. The zero-order valence-electron chi connectivity index (χ0n) is 11.0. The van der Waals surface area contributed by atoms with E-state index in [4.69, 9.17) is 9.26 Å². The van der Waals surface area contributed by atoms with Crippen LogP contribution in [0.25, 0.3) is 0 Å². The predicted molar refractivity (Wildman–Crippen MR) is 68.1 cm³/mol. The van der Waals surface area contributed by atoms with Gasteiger partial charge < -0.3 is 9.26 Å². The summed E-state index contributed by atoms with van der Waals surface area (Å²) in [6.07, 6.45) is 3.99. The van der Waals surface area contributed by atoms with Crippen molar-refractivity contribution in [1.82, 2.24) is 10.1 Å². The van der Waals surface area contributed by atoms with Crippen LogP contribution >= 0.6 is 0 Å². The maximum Gasteiger partial charge on any atom is 0.254 e. The van der Waals surface area contributed by atoms with Gasteiger partial charge in [0, 0.05) is 6.07 Å². The Bertz CT molecular complexity index is 336. The summed E-state index contributed by atoms with van der Waals surface area (Å²) in [7, 11) is 2.02. The highest BCUT2D eigenvalue weighted by atomic mass is 16.5. The van der Waals surface area contributed by atoms with Gasteiger partial charge in [-0.3, -0.25) is 4.90 Å². The van der Waals surface area contributed by atoms with Crippen molar-refractivity contribution in [2.24, 2.45) is 0 Å². The van der Waals surface area contributed by atoms with Crippen molar-refractivity contribution in [3.8, 4) is 5.88 Å². The number of nitrogens with zero attached hydrogens (tertiary/aromatic N) is 2. The molecule has 0 saturated carbocycles. The van der Waals surface area contributed by atoms with Gasteiger partial charge in [-0.15, -0.1) is 6.58 Å². The second kappa shape index (κ2) is 7.12. The van der Waals surface area contributed by atoms with Gasteiger partial charge in [-0.1, -0.05) is 26.3 Å². The molecule has 0 aliphatic heterocycles. The molecule has 1 heterocycles. The van der Waals surface area contributed by atoms with Gasteiger partial charge in [0.1, 0.15) is 0 Å². The molecule has 0 fully saturated rings. The number of likely N-dealkylation sites (N-methyl/N-ethyl adjacent to an activating group) is 1. The van der Waals surface area contributed by atoms with Crippen LogP contribution in [0.4, 0.5) is 0 Å². The smallest absolute Gasteiger partial charge is 0.254 e. The summed E-state index contributed by atoms with van der Waals surface area (Å²) in [4.78, 5) is 2.13. The van der Waals surface area contributed by atoms with Crippen LogP contribution in [0.1, 0.15) is 38.5 Å². The first-order valence-corrected chi connectivity index (χ1v) is 6.15. The highest BCUT2D eigenvalue weighted by molar-refractivity contribution is 5.17. The van der Waals surface area contributed by atoms with Gasteiger partial charge in [0.15, 0.2) is 5.76 Å². The summed E-state index contributed by atoms with van der Waals surface area (Å²) in [5.41, 5.74) is 0. The summed E-state index contributed by atoms with van der Waals surface area (Å²) in [6, 6.07) is 1.89. The van der Waals surface area contributed by atoms with Crippen molar-refractivity contribution in [3.05, 3.63) is 24.5 Å². The van der Waals surface area contributed by atoms with Crippen LogP contribution < -0.4 is 4.74 Å². The molecule has 96 valence electrons. The van der Waals surface area contributed by atoms with E-state index in [1.807, 2.05) is 19.2 Å². The molecular weight excluding hydrogens is 216 g/mol. The molecule has 1 rings (SSSR count). The van der Waals surface area contributed by atoms with Gasteiger partial charge in [-0.05, 0) is 25.2 Å². The van der Waals surface area contributed by atoms with E-state index in [0.29, 0.717) is 12.5 Å². The Kier molecular flexibility index (Phi) is 5.77. The molecular formula is C13H22N2O2. The average molecular weight is 238 g/mol. The molecule has 4 heteroatoms. The fourth-order valence-corrected chi connectivity index (χ4v) is 1.51. The Morgan fingerprint density at radius 2 is 2.35 bits per heavy atom.